The van der Waals surface area contributed by atoms with E-state index in [-0.39, 0.29) is 12.4 Å². The topological polar surface area (TPSA) is 41.5 Å². The molecular formula is C19H23ClFNO2. The van der Waals surface area contributed by atoms with Gasteiger partial charge in [0.1, 0.15) is 18.2 Å². The lowest BCUT2D eigenvalue weighted by Crippen LogP contribution is -2.15. The van der Waals surface area contributed by atoms with E-state index in [4.69, 9.17) is 21.4 Å². The number of hydrogen-bond acceptors (Lipinski definition) is 3. The predicted octanol–water partition coefficient (Wildman–Crippen LogP) is 4.31. The number of aliphatic hydroxyl groups excluding tert-OH is 1. The highest BCUT2D eigenvalue weighted by Crippen LogP contribution is 2.22. The number of rotatable bonds is 10. The minimum atomic E-state index is -0.352. The van der Waals surface area contributed by atoms with Gasteiger partial charge in [-0.2, -0.15) is 0 Å². The Bertz CT molecular complexity index is 637. The second-order valence-electron chi connectivity index (χ2n) is 5.59. The highest BCUT2D eigenvalue weighted by molar-refractivity contribution is 6.31. The lowest BCUT2D eigenvalue weighted by Gasteiger charge is -2.13. The van der Waals surface area contributed by atoms with Gasteiger partial charge >= 0.3 is 0 Å². The van der Waals surface area contributed by atoms with Gasteiger partial charge in [0.15, 0.2) is 0 Å². The molecule has 5 heteroatoms. The van der Waals surface area contributed by atoms with E-state index in [1.54, 1.807) is 6.07 Å². The SMILES string of the molecule is OCCCCCNCc1ccccc1OCc1ccc(F)cc1Cl. The van der Waals surface area contributed by atoms with Gasteiger partial charge in [0.05, 0.1) is 5.02 Å². The molecule has 0 aliphatic carbocycles. The molecule has 2 N–H and O–H groups in total. The quantitative estimate of drug-likeness (QED) is 0.627. The molecule has 2 aromatic rings. The monoisotopic (exact) mass is 351 g/mol. The molecule has 0 aliphatic rings. The summed E-state index contributed by atoms with van der Waals surface area (Å²) in [5.74, 6) is 0.440. The first-order valence-corrected chi connectivity index (χ1v) is 8.54. The van der Waals surface area contributed by atoms with E-state index in [0.717, 1.165) is 42.7 Å². The maximum absolute atomic E-state index is 13.1. The highest BCUT2D eigenvalue weighted by Gasteiger charge is 2.06. The Kier molecular flexibility index (Phi) is 8.02. The molecule has 0 fully saturated rings. The fourth-order valence-corrected chi connectivity index (χ4v) is 2.57. The van der Waals surface area contributed by atoms with Crippen molar-refractivity contribution >= 4 is 11.6 Å². The number of ether oxygens (including phenoxy) is 1. The zero-order valence-electron chi connectivity index (χ0n) is 13.6. The lowest BCUT2D eigenvalue weighted by atomic mass is 10.2. The molecule has 0 spiro atoms. The summed E-state index contributed by atoms with van der Waals surface area (Å²) in [5.41, 5.74) is 1.82. The van der Waals surface area contributed by atoms with Crippen molar-refractivity contribution in [3.63, 3.8) is 0 Å². The fraction of sp³-hybridized carbons (Fsp3) is 0.368. The molecule has 130 valence electrons. The van der Waals surface area contributed by atoms with E-state index in [1.165, 1.54) is 12.1 Å². The third-order valence-electron chi connectivity index (χ3n) is 3.70. The van der Waals surface area contributed by atoms with E-state index in [0.29, 0.717) is 18.2 Å². The first-order valence-electron chi connectivity index (χ1n) is 8.17. The normalized spacial score (nSPS) is 10.8. The van der Waals surface area contributed by atoms with Crippen LogP contribution in [-0.4, -0.2) is 18.3 Å². The smallest absolute Gasteiger partial charge is 0.124 e. The minimum Gasteiger partial charge on any atom is -0.489 e. The Labute approximate surface area is 147 Å². The number of hydrogen-bond donors (Lipinski definition) is 2. The fourth-order valence-electron chi connectivity index (χ4n) is 2.35. The molecule has 0 saturated carbocycles. The van der Waals surface area contributed by atoms with Crippen molar-refractivity contribution in [1.82, 2.24) is 5.32 Å². The van der Waals surface area contributed by atoms with Crippen LogP contribution in [0.15, 0.2) is 42.5 Å². The summed E-state index contributed by atoms with van der Waals surface area (Å²) in [7, 11) is 0. The Balaban J connectivity index is 1.86. The highest BCUT2D eigenvalue weighted by atomic mass is 35.5. The van der Waals surface area contributed by atoms with Gasteiger partial charge in [-0.3, -0.25) is 0 Å². The first kappa shape index (κ1) is 18.7. The largest absolute Gasteiger partial charge is 0.489 e. The molecule has 0 unspecified atom stereocenters. The molecule has 0 aromatic heterocycles. The molecule has 3 nitrogen and oxygen atoms in total. The Morgan fingerprint density at radius 3 is 2.67 bits per heavy atom. The predicted molar refractivity (Wildman–Crippen MR) is 94.8 cm³/mol. The number of unbranched alkanes of at least 4 members (excludes halogenated alkanes) is 2. The summed E-state index contributed by atoms with van der Waals surface area (Å²) in [4.78, 5) is 0. The maximum Gasteiger partial charge on any atom is 0.124 e. The zero-order chi connectivity index (χ0) is 17.2. The van der Waals surface area contributed by atoms with E-state index < -0.39 is 0 Å². The minimum absolute atomic E-state index is 0.253. The maximum atomic E-state index is 13.1. The number of aliphatic hydroxyl groups is 1. The van der Waals surface area contributed by atoms with Gasteiger partial charge in [-0.05, 0) is 44.0 Å². The molecule has 0 saturated heterocycles. The second kappa shape index (κ2) is 10.3. The van der Waals surface area contributed by atoms with Crippen LogP contribution in [0.2, 0.25) is 5.02 Å². The molecule has 0 bridgehead atoms. The van der Waals surface area contributed by atoms with Gasteiger partial charge in [0.25, 0.3) is 0 Å². The molecule has 2 aromatic carbocycles. The van der Waals surface area contributed by atoms with Crippen molar-refractivity contribution in [3.05, 3.63) is 64.4 Å². The molecule has 2 rings (SSSR count). The first-order chi connectivity index (χ1) is 11.7. The Morgan fingerprint density at radius 1 is 1.04 bits per heavy atom. The van der Waals surface area contributed by atoms with Crippen molar-refractivity contribution in [2.24, 2.45) is 0 Å². The van der Waals surface area contributed by atoms with Crippen molar-refractivity contribution in [3.8, 4) is 5.75 Å². The van der Waals surface area contributed by atoms with Gasteiger partial charge in [-0.25, -0.2) is 4.39 Å². The third kappa shape index (κ3) is 6.11. The second-order valence-corrected chi connectivity index (χ2v) is 6.00. The lowest BCUT2D eigenvalue weighted by molar-refractivity contribution is 0.282. The molecule has 0 aliphatic heterocycles. The molecule has 0 radical (unpaired) electrons. The van der Waals surface area contributed by atoms with Crippen molar-refractivity contribution < 1.29 is 14.2 Å². The van der Waals surface area contributed by atoms with Gasteiger partial charge < -0.3 is 15.2 Å². The van der Waals surface area contributed by atoms with Crippen LogP contribution in [0.3, 0.4) is 0 Å². The summed E-state index contributed by atoms with van der Waals surface area (Å²) in [5, 5.41) is 12.5. The molecule has 0 amide bonds. The van der Waals surface area contributed by atoms with E-state index in [2.05, 4.69) is 5.32 Å². The standard InChI is InChI=1S/C19H23ClFNO2/c20-18-12-17(21)9-8-16(18)14-24-19-7-3-2-6-15(19)13-22-10-4-1-5-11-23/h2-3,6-9,12,22-23H,1,4-5,10-11,13-14H2. The van der Waals surface area contributed by atoms with Crippen LogP contribution >= 0.6 is 11.6 Å². The average molecular weight is 352 g/mol. The van der Waals surface area contributed by atoms with Crippen molar-refractivity contribution in [1.29, 1.82) is 0 Å². The number of halogens is 2. The molecule has 0 atom stereocenters. The molecule has 24 heavy (non-hydrogen) atoms. The van der Waals surface area contributed by atoms with Crippen LogP contribution in [-0.2, 0) is 13.2 Å². The summed E-state index contributed by atoms with van der Waals surface area (Å²) < 4.78 is 18.9. The average Bonchev–Trinajstić information content (AvgIpc) is 2.58. The summed E-state index contributed by atoms with van der Waals surface area (Å²) in [6.07, 6.45) is 2.90. The van der Waals surface area contributed by atoms with Gasteiger partial charge in [-0.15, -0.1) is 0 Å². The van der Waals surface area contributed by atoms with Gasteiger partial charge in [0.2, 0.25) is 0 Å². The number of nitrogens with one attached hydrogen (secondary N) is 1. The molecule has 0 heterocycles. The Hall–Kier alpha value is -1.62. The number of benzene rings is 2. The van der Waals surface area contributed by atoms with E-state index in [1.807, 2.05) is 24.3 Å². The van der Waals surface area contributed by atoms with Crippen molar-refractivity contribution in [2.75, 3.05) is 13.2 Å². The van der Waals surface area contributed by atoms with Crippen LogP contribution in [0.5, 0.6) is 5.75 Å². The Morgan fingerprint density at radius 2 is 1.88 bits per heavy atom. The van der Waals surface area contributed by atoms with Gasteiger partial charge in [-0.1, -0.05) is 35.9 Å². The van der Waals surface area contributed by atoms with E-state index >= 15 is 0 Å². The van der Waals surface area contributed by atoms with Crippen LogP contribution in [0.4, 0.5) is 4.39 Å². The van der Waals surface area contributed by atoms with Gasteiger partial charge in [0, 0.05) is 24.3 Å². The van der Waals surface area contributed by atoms with Crippen molar-refractivity contribution in [2.45, 2.75) is 32.4 Å². The number of para-hydroxylation sites is 1. The van der Waals surface area contributed by atoms with Crippen LogP contribution in [0, 0.1) is 5.82 Å². The van der Waals surface area contributed by atoms with E-state index in [9.17, 15) is 4.39 Å². The molecular weight excluding hydrogens is 329 g/mol. The summed E-state index contributed by atoms with van der Waals surface area (Å²) in [6, 6.07) is 12.1. The summed E-state index contributed by atoms with van der Waals surface area (Å²) >= 11 is 6.03. The summed E-state index contributed by atoms with van der Waals surface area (Å²) in [6.45, 7) is 2.17. The van der Waals surface area contributed by atoms with Crippen LogP contribution < -0.4 is 10.1 Å². The van der Waals surface area contributed by atoms with Crippen LogP contribution in [0.1, 0.15) is 30.4 Å². The van der Waals surface area contributed by atoms with Crippen LogP contribution in [0.25, 0.3) is 0 Å². The zero-order valence-corrected chi connectivity index (χ0v) is 14.4. The third-order valence-corrected chi connectivity index (χ3v) is 4.05.